The average Bonchev–Trinajstić information content (AvgIpc) is 2.61. The number of aryl methyl sites for hydroxylation is 1. The molecule has 4 heteroatoms. The summed E-state index contributed by atoms with van der Waals surface area (Å²) in [7, 11) is 1.57. The minimum absolute atomic E-state index is 0.00436. The third-order valence-corrected chi connectivity index (χ3v) is 4.72. The third kappa shape index (κ3) is 3.09. The van der Waals surface area contributed by atoms with E-state index < -0.39 is 5.54 Å². The molecule has 3 rings (SSSR count). The number of hydrogen-bond acceptors (Lipinski definition) is 3. The van der Waals surface area contributed by atoms with Crippen LogP contribution in [0.3, 0.4) is 0 Å². The van der Waals surface area contributed by atoms with Gasteiger partial charge < -0.3 is 15.2 Å². The molecule has 3 nitrogen and oxygen atoms in total. The van der Waals surface area contributed by atoms with Crippen molar-refractivity contribution in [2.45, 2.75) is 31.3 Å². The van der Waals surface area contributed by atoms with Crippen LogP contribution < -0.4 is 10.1 Å². The largest absolute Gasteiger partial charge is 0.497 e. The summed E-state index contributed by atoms with van der Waals surface area (Å²) in [5.41, 5.74) is 2.41. The van der Waals surface area contributed by atoms with Gasteiger partial charge in [0, 0.05) is 12.1 Å². The first kappa shape index (κ1) is 16.0. The number of hydrogen-bond donors (Lipinski definition) is 2. The number of ether oxygens (including phenoxy) is 1. The Morgan fingerprint density at radius 1 is 1.26 bits per heavy atom. The average molecular weight is 315 g/mol. The van der Waals surface area contributed by atoms with Crippen LogP contribution in [0.2, 0.25) is 0 Å². The van der Waals surface area contributed by atoms with E-state index in [0.717, 1.165) is 24.8 Å². The lowest BCUT2D eigenvalue weighted by atomic mass is 9.77. The van der Waals surface area contributed by atoms with E-state index in [4.69, 9.17) is 4.74 Å². The van der Waals surface area contributed by atoms with E-state index in [0.29, 0.717) is 17.9 Å². The van der Waals surface area contributed by atoms with Crippen LogP contribution >= 0.6 is 0 Å². The molecule has 0 radical (unpaired) electrons. The molecule has 1 aliphatic rings. The summed E-state index contributed by atoms with van der Waals surface area (Å²) in [5.74, 6) is 0.362. The fourth-order valence-corrected chi connectivity index (χ4v) is 3.40. The zero-order valence-electron chi connectivity index (χ0n) is 13.3. The molecule has 2 aromatic rings. The number of benzene rings is 2. The molecule has 0 saturated heterocycles. The molecule has 0 aromatic heterocycles. The smallest absolute Gasteiger partial charge is 0.127 e. The van der Waals surface area contributed by atoms with Gasteiger partial charge in [0.2, 0.25) is 0 Å². The minimum Gasteiger partial charge on any atom is -0.497 e. The first-order chi connectivity index (χ1) is 11.2. The van der Waals surface area contributed by atoms with Crippen LogP contribution in [-0.2, 0) is 18.5 Å². The Labute approximate surface area is 136 Å². The fourth-order valence-electron chi connectivity index (χ4n) is 3.40. The second-order valence-corrected chi connectivity index (χ2v) is 6.06. The van der Waals surface area contributed by atoms with Gasteiger partial charge in [0.05, 0.1) is 19.3 Å². The van der Waals surface area contributed by atoms with E-state index in [1.165, 1.54) is 11.6 Å². The Hall–Kier alpha value is -1.91. The monoisotopic (exact) mass is 315 g/mol. The Morgan fingerprint density at radius 3 is 2.87 bits per heavy atom. The van der Waals surface area contributed by atoms with E-state index in [2.05, 4.69) is 17.4 Å². The molecule has 0 amide bonds. The summed E-state index contributed by atoms with van der Waals surface area (Å²) in [6.45, 7) is 0.341. The second-order valence-electron chi connectivity index (χ2n) is 6.06. The van der Waals surface area contributed by atoms with Crippen molar-refractivity contribution < 1.29 is 14.2 Å². The van der Waals surface area contributed by atoms with Gasteiger partial charge in [-0.05, 0) is 48.6 Å². The van der Waals surface area contributed by atoms with Crippen LogP contribution in [0.1, 0.15) is 29.5 Å². The lowest BCUT2D eigenvalue weighted by Crippen LogP contribution is -2.47. The Balaban J connectivity index is 1.87. The lowest BCUT2D eigenvalue weighted by molar-refractivity contribution is 0.139. The van der Waals surface area contributed by atoms with E-state index in [1.807, 2.05) is 12.1 Å². The first-order valence-corrected chi connectivity index (χ1v) is 7.95. The van der Waals surface area contributed by atoms with Gasteiger partial charge in [-0.1, -0.05) is 24.3 Å². The highest BCUT2D eigenvalue weighted by atomic mass is 19.1. The summed E-state index contributed by atoms with van der Waals surface area (Å²) in [4.78, 5) is 0. The number of fused-ring (bicyclic) bond motifs is 1. The van der Waals surface area contributed by atoms with Crippen LogP contribution in [0.15, 0.2) is 42.5 Å². The van der Waals surface area contributed by atoms with Crippen LogP contribution in [-0.4, -0.2) is 18.8 Å². The van der Waals surface area contributed by atoms with Crippen LogP contribution in [0.25, 0.3) is 0 Å². The van der Waals surface area contributed by atoms with Gasteiger partial charge in [0.25, 0.3) is 0 Å². The summed E-state index contributed by atoms with van der Waals surface area (Å²) >= 11 is 0. The van der Waals surface area contributed by atoms with Crippen molar-refractivity contribution in [3.8, 4) is 5.75 Å². The molecule has 0 spiro atoms. The number of aliphatic hydroxyl groups excluding tert-OH is 1. The summed E-state index contributed by atoms with van der Waals surface area (Å²) < 4.78 is 19.2. The van der Waals surface area contributed by atoms with Gasteiger partial charge in [-0.3, -0.25) is 0 Å². The Bertz CT molecular complexity index is 689. The summed E-state index contributed by atoms with van der Waals surface area (Å²) in [6.07, 6.45) is 2.87. The molecule has 0 aliphatic heterocycles. The fraction of sp³-hybridized carbons (Fsp3) is 0.368. The van der Waals surface area contributed by atoms with Gasteiger partial charge in [0.1, 0.15) is 11.6 Å². The van der Waals surface area contributed by atoms with Gasteiger partial charge in [-0.15, -0.1) is 0 Å². The van der Waals surface area contributed by atoms with Crippen molar-refractivity contribution in [1.29, 1.82) is 0 Å². The Morgan fingerprint density at radius 2 is 2.09 bits per heavy atom. The normalized spacial score (nSPS) is 20.1. The SMILES string of the molecule is COc1ccc(F)c(CNC2(CO)CCCc3ccccc32)c1. The molecule has 0 fully saturated rings. The molecule has 2 N–H and O–H groups in total. The Kier molecular flexibility index (Phi) is 4.64. The molecular formula is C19H22FNO2. The van der Waals surface area contributed by atoms with Gasteiger partial charge in [0.15, 0.2) is 0 Å². The number of halogens is 1. The lowest BCUT2D eigenvalue weighted by Gasteiger charge is -2.39. The van der Waals surface area contributed by atoms with E-state index in [1.54, 1.807) is 19.2 Å². The number of nitrogens with one attached hydrogen (secondary N) is 1. The zero-order valence-corrected chi connectivity index (χ0v) is 13.3. The van der Waals surface area contributed by atoms with Crippen molar-refractivity contribution in [3.63, 3.8) is 0 Å². The van der Waals surface area contributed by atoms with Gasteiger partial charge in [-0.25, -0.2) is 4.39 Å². The van der Waals surface area contributed by atoms with E-state index in [9.17, 15) is 9.50 Å². The van der Waals surface area contributed by atoms with E-state index in [-0.39, 0.29) is 12.4 Å². The van der Waals surface area contributed by atoms with Gasteiger partial charge in [-0.2, -0.15) is 0 Å². The highest BCUT2D eigenvalue weighted by molar-refractivity contribution is 5.37. The highest BCUT2D eigenvalue weighted by Crippen LogP contribution is 2.35. The second kappa shape index (κ2) is 6.69. The molecule has 2 aromatic carbocycles. The first-order valence-electron chi connectivity index (χ1n) is 7.95. The summed E-state index contributed by atoms with van der Waals surface area (Å²) in [6, 6.07) is 12.9. The maximum Gasteiger partial charge on any atom is 0.127 e. The predicted octanol–water partition coefficient (Wildman–Crippen LogP) is 3.15. The maximum absolute atomic E-state index is 14.0. The molecule has 0 saturated carbocycles. The molecule has 1 atom stereocenters. The minimum atomic E-state index is -0.510. The van der Waals surface area contributed by atoms with Crippen molar-refractivity contribution in [3.05, 3.63) is 65.0 Å². The molecule has 1 unspecified atom stereocenters. The molecule has 0 heterocycles. The quantitative estimate of drug-likeness (QED) is 0.890. The third-order valence-electron chi connectivity index (χ3n) is 4.72. The van der Waals surface area contributed by atoms with Crippen molar-refractivity contribution in [1.82, 2.24) is 5.32 Å². The van der Waals surface area contributed by atoms with Crippen LogP contribution in [0.4, 0.5) is 4.39 Å². The van der Waals surface area contributed by atoms with Crippen molar-refractivity contribution in [2.24, 2.45) is 0 Å². The topological polar surface area (TPSA) is 41.5 Å². The van der Waals surface area contributed by atoms with Gasteiger partial charge >= 0.3 is 0 Å². The summed E-state index contributed by atoms with van der Waals surface area (Å²) in [5, 5.41) is 13.5. The number of methoxy groups -OCH3 is 1. The molecule has 0 bridgehead atoms. The standard InChI is InChI=1S/C19H22FNO2/c1-23-16-8-9-18(20)15(11-16)12-21-19(13-22)10-4-6-14-5-2-3-7-17(14)19/h2-3,5,7-9,11,21-22H,4,6,10,12-13H2,1H3. The molecular weight excluding hydrogens is 293 g/mol. The van der Waals surface area contributed by atoms with Crippen molar-refractivity contribution in [2.75, 3.05) is 13.7 Å². The number of aliphatic hydroxyl groups is 1. The number of rotatable bonds is 5. The van der Waals surface area contributed by atoms with E-state index >= 15 is 0 Å². The predicted molar refractivity (Wildman–Crippen MR) is 87.9 cm³/mol. The maximum atomic E-state index is 14.0. The highest BCUT2D eigenvalue weighted by Gasteiger charge is 2.35. The van der Waals surface area contributed by atoms with Crippen LogP contribution in [0, 0.1) is 5.82 Å². The van der Waals surface area contributed by atoms with Crippen LogP contribution in [0.5, 0.6) is 5.75 Å². The molecule has 1 aliphatic carbocycles. The zero-order chi connectivity index (χ0) is 16.3. The molecule has 122 valence electrons. The molecule has 23 heavy (non-hydrogen) atoms. The van der Waals surface area contributed by atoms with Crippen molar-refractivity contribution >= 4 is 0 Å².